The first-order chi connectivity index (χ1) is 10.5. The lowest BCUT2D eigenvalue weighted by molar-refractivity contribution is 0.308. The van der Waals surface area contributed by atoms with E-state index in [1.54, 1.807) is 7.11 Å². The van der Waals surface area contributed by atoms with Crippen molar-refractivity contribution in [1.29, 1.82) is 0 Å². The lowest BCUT2D eigenvalue weighted by Crippen LogP contribution is -2.02. The number of benzene rings is 2. The van der Waals surface area contributed by atoms with Crippen LogP contribution in [0.1, 0.15) is 18.1 Å². The molecule has 0 aromatic heterocycles. The van der Waals surface area contributed by atoms with Crippen LogP contribution in [0.15, 0.2) is 34.8 Å². The molecule has 2 rings (SSSR count). The van der Waals surface area contributed by atoms with Crippen LogP contribution >= 0.6 is 27.5 Å². The average Bonchev–Trinajstić information content (AvgIpc) is 2.50. The number of anilines is 1. The van der Waals surface area contributed by atoms with Gasteiger partial charge in [-0.2, -0.15) is 0 Å². The zero-order valence-electron chi connectivity index (χ0n) is 12.9. The summed E-state index contributed by atoms with van der Waals surface area (Å²) in [5, 5.41) is 4.12. The van der Waals surface area contributed by atoms with Crippen LogP contribution in [0.2, 0.25) is 5.02 Å². The van der Waals surface area contributed by atoms with Gasteiger partial charge in [0.25, 0.3) is 0 Å². The summed E-state index contributed by atoms with van der Waals surface area (Å²) < 4.78 is 11.9. The molecule has 0 saturated heterocycles. The molecule has 118 valence electrons. The van der Waals surface area contributed by atoms with Crippen LogP contribution in [-0.4, -0.2) is 13.7 Å². The number of nitrogens with one attached hydrogen (secondary N) is 1. The van der Waals surface area contributed by atoms with E-state index in [-0.39, 0.29) is 0 Å². The molecule has 2 aromatic carbocycles. The van der Waals surface area contributed by atoms with Gasteiger partial charge in [-0.05, 0) is 65.2 Å². The molecule has 0 saturated carbocycles. The summed E-state index contributed by atoms with van der Waals surface area (Å²) in [6.45, 7) is 5.19. The van der Waals surface area contributed by atoms with E-state index in [2.05, 4.69) is 21.2 Å². The van der Waals surface area contributed by atoms with Crippen molar-refractivity contribution < 1.29 is 9.47 Å². The first-order valence-corrected chi connectivity index (χ1v) is 8.21. The number of aryl methyl sites for hydroxylation is 1. The molecule has 3 nitrogen and oxygen atoms in total. The summed E-state index contributed by atoms with van der Waals surface area (Å²) in [7, 11) is 1.64. The lowest BCUT2D eigenvalue weighted by Gasteiger charge is -2.14. The Morgan fingerprint density at radius 1 is 1.23 bits per heavy atom. The van der Waals surface area contributed by atoms with Crippen LogP contribution in [0.5, 0.6) is 11.5 Å². The average molecular weight is 385 g/mol. The van der Waals surface area contributed by atoms with E-state index in [0.29, 0.717) is 13.2 Å². The molecule has 0 bridgehead atoms. The molecule has 0 aliphatic carbocycles. The molecular weight excluding hydrogens is 366 g/mol. The minimum absolute atomic E-state index is 0.592. The van der Waals surface area contributed by atoms with Gasteiger partial charge >= 0.3 is 0 Å². The molecule has 0 aliphatic rings. The Morgan fingerprint density at radius 2 is 2.00 bits per heavy atom. The van der Waals surface area contributed by atoms with Crippen LogP contribution in [0.4, 0.5) is 5.69 Å². The number of halogens is 2. The topological polar surface area (TPSA) is 30.5 Å². The second-order valence-electron chi connectivity index (χ2n) is 4.86. The molecule has 22 heavy (non-hydrogen) atoms. The van der Waals surface area contributed by atoms with E-state index in [1.165, 1.54) is 0 Å². The summed E-state index contributed by atoms with van der Waals surface area (Å²) >= 11 is 9.67. The van der Waals surface area contributed by atoms with Crippen LogP contribution in [0, 0.1) is 6.92 Å². The first kappa shape index (κ1) is 17.0. The van der Waals surface area contributed by atoms with Gasteiger partial charge in [-0.3, -0.25) is 0 Å². The van der Waals surface area contributed by atoms with Crippen molar-refractivity contribution in [3.05, 3.63) is 51.0 Å². The van der Waals surface area contributed by atoms with Gasteiger partial charge in [-0.1, -0.05) is 17.7 Å². The number of hydrogen-bond acceptors (Lipinski definition) is 3. The molecule has 0 heterocycles. The van der Waals surface area contributed by atoms with Crippen molar-refractivity contribution in [3.63, 3.8) is 0 Å². The minimum Gasteiger partial charge on any atom is -0.493 e. The highest BCUT2D eigenvalue weighted by Gasteiger charge is 2.11. The van der Waals surface area contributed by atoms with Gasteiger partial charge in [0, 0.05) is 17.3 Å². The van der Waals surface area contributed by atoms with Gasteiger partial charge in [0.15, 0.2) is 11.5 Å². The van der Waals surface area contributed by atoms with Crippen molar-refractivity contribution in [3.8, 4) is 11.5 Å². The number of methoxy groups -OCH3 is 1. The Kier molecular flexibility index (Phi) is 5.98. The van der Waals surface area contributed by atoms with Crippen LogP contribution in [-0.2, 0) is 6.54 Å². The molecule has 0 fully saturated rings. The maximum Gasteiger partial charge on any atom is 0.175 e. The normalized spacial score (nSPS) is 10.4. The van der Waals surface area contributed by atoms with E-state index < -0.39 is 0 Å². The van der Waals surface area contributed by atoms with Gasteiger partial charge in [0.1, 0.15) is 0 Å². The first-order valence-electron chi connectivity index (χ1n) is 7.04. The Hall–Kier alpha value is -1.39. The van der Waals surface area contributed by atoms with Crippen molar-refractivity contribution in [1.82, 2.24) is 0 Å². The van der Waals surface area contributed by atoms with Crippen molar-refractivity contribution >= 4 is 33.2 Å². The zero-order valence-corrected chi connectivity index (χ0v) is 15.2. The van der Waals surface area contributed by atoms with E-state index in [9.17, 15) is 0 Å². The Bertz CT molecular complexity index is 661. The summed E-state index contributed by atoms with van der Waals surface area (Å²) in [5.41, 5.74) is 3.14. The summed E-state index contributed by atoms with van der Waals surface area (Å²) in [4.78, 5) is 0. The second kappa shape index (κ2) is 7.75. The lowest BCUT2D eigenvalue weighted by atomic mass is 10.2. The molecule has 5 heteroatoms. The highest BCUT2D eigenvalue weighted by atomic mass is 79.9. The van der Waals surface area contributed by atoms with Gasteiger partial charge in [-0.25, -0.2) is 0 Å². The van der Waals surface area contributed by atoms with E-state index in [1.807, 2.05) is 44.2 Å². The van der Waals surface area contributed by atoms with Crippen molar-refractivity contribution in [2.24, 2.45) is 0 Å². The van der Waals surface area contributed by atoms with E-state index >= 15 is 0 Å². The Labute approximate surface area is 144 Å². The van der Waals surface area contributed by atoms with E-state index in [4.69, 9.17) is 21.1 Å². The standard InChI is InChI=1S/C17H19BrClNO2/c1-4-22-17-14(18)7-12(8-16(17)21-3)10-20-13-6-5-11(2)15(19)9-13/h5-9,20H,4,10H2,1-3H3. The summed E-state index contributed by atoms with van der Waals surface area (Å²) in [6, 6.07) is 9.94. The second-order valence-corrected chi connectivity index (χ2v) is 6.12. The smallest absolute Gasteiger partial charge is 0.175 e. The SMILES string of the molecule is CCOc1c(Br)cc(CNc2ccc(C)c(Cl)c2)cc1OC. The summed E-state index contributed by atoms with van der Waals surface area (Å²) in [6.07, 6.45) is 0. The molecular formula is C17H19BrClNO2. The molecule has 0 atom stereocenters. The molecule has 0 aliphatic heterocycles. The van der Waals surface area contributed by atoms with Crippen LogP contribution < -0.4 is 14.8 Å². The van der Waals surface area contributed by atoms with Gasteiger partial charge in [0.2, 0.25) is 0 Å². The molecule has 0 amide bonds. The quantitative estimate of drug-likeness (QED) is 0.720. The van der Waals surface area contributed by atoms with Gasteiger partial charge in [0.05, 0.1) is 18.2 Å². The Morgan fingerprint density at radius 3 is 2.64 bits per heavy atom. The number of ether oxygens (including phenoxy) is 2. The van der Waals surface area contributed by atoms with Gasteiger partial charge in [-0.15, -0.1) is 0 Å². The molecule has 0 radical (unpaired) electrons. The van der Waals surface area contributed by atoms with Crippen LogP contribution in [0.25, 0.3) is 0 Å². The summed E-state index contributed by atoms with van der Waals surface area (Å²) in [5.74, 6) is 1.45. The Balaban J connectivity index is 2.15. The molecule has 0 unspecified atom stereocenters. The van der Waals surface area contributed by atoms with Crippen LogP contribution in [0.3, 0.4) is 0 Å². The van der Waals surface area contributed by atoms with Crippen molar-refractivity contribution in [2.75, 3.05) is 19.0 Å². The third kappa shape index (κ3) is 4.08. The molecule has 2 aromatic rings. The molecule has 0 spiro atoms. The zero-order chi connectivity index (χ0) is 16.1. The van der Waals surface area contributed by atoms with E-state index in [0.717, 1.165) is 37.8 Å². The highest BCUT2D eigenvalue weighted by Crippen LogP contribution is 2.36. The fourth-order valence-corrected chi connectivity index (χ4v) is 2.85. The van der Waals surface area contributed by atoms with Gasteiger partial charge < -0.3 is 14.8 Å². The fraction of sp³-hybridized carbons (Fsp3) is 0.294. The number of hydrogen-bond donors (Lipinski definition) is 1. The highest BCUT2D eigenvalue weighted by molar-refractivity contribution is 9.10. The predicted octanol–water partition coefficient (Wildman–Crippen LogP) is 5.43. The maximum absolute atomic E-state index is 6.14. The third-order valence-corrected chi connectivity index (χ3v) is 4.24. The largest absolute Gasteiger partial charge is 0.493 e. The minimum atomic E-state index is 0.592. The fourth-order valence-electron chi connectivity index (χ4n) is 2.07. The van der Waals surface area contributed by atoms with Crippen molar-refractivity contribution in [2.45, 2.75) is 20.4 Å². The monoisotopic (exact) mass is 383 g/mol. The number of rotatable bonds is 6. The third-order valence-electron chi connectivity index (χ3n) is 3.25. The predicted molar refractivity (Wildman–Crippen MR) is 95.4 cm³/mol. The maximum atomic E-state index is 6.14. The molecule has 1 N–H and O–H groups in total.